The second kappa shape index (κ2) is 4.41. The number of aryl methyl sites for hydroxylation is 1. The molecular weight excluding hydrogens is 269 g/mol. The Kier molecular flexibility index (Phi) is 2.88. The minimum atomic E-state index is 0.556. The molecule has 1 aliphatic rings. The van der Waals surface area contributed by atoms with Gasteiger partial charge in [-0.25, -0.2) is 9.97 Å². The van der Waals surface area contributed by atoms with Crippen molar-refractivity contribution in [3.63, 3.8) is 0 Å². The van der Waals surface area contributed by atoms with Gasteiger partial charge in [-0.3, -0.25) is 0 Å². The third-order valence-corrected chi connectivity index (χ3v) is 3.70. The Hall–Kier alpha value is -1.32. The van der Waals surface area contributed by atoms with Crippen molar-refractivity contribution >= 4 is 29.0 Å². The van der Waals surface area contributed by atoms with E-state index in [0.717, 1.165) is 36.1 Å². The zero-order chi connectivity index (χ0) is 12.7. The summed E-state index contributed by atoms with van der Waals surface area (Å²) < 4.78 is 0. The van der Waals surface area contributed by atoms with Gasteiger partial charge in [-0.05, 0) is 37.5 Å². The Bertz CT molecular complexity index is 626. The largest absolute Gasteiger partial charge is 0.383 e. The lowest BCUT2D eigenvalue weighted by atomic mass is 10.2. The lowest BCUT2D eigenvalue weighted by Gasteiger charge is -2.08. The van der Waals surface area contributed by atoms with E-state index in [-0.39, 0.29) is 0 Å². The fraction of sp³-hybridized carbons (Fsp3) is 0.231. The van der Waals surface area contributed by atoms with Gasteiger partial charge in [0.25, 0.3) is 0 Å². The van der Waals surface area contributed by atoms with Crippen molar-refractivity contribution in [3.05, 3.63) is 39.5 Å². The first-order chi connectivity index (χ1) is 8.65. The van der Waals surface area contributed by atoms with Gasteiger partial charge in [0.1, 0.15) is 5.82 Å². The minimum absolute atomic E-state index is 0.556. The zero-order valence-electron chi connectivity index (χ0n) is 9.58. The van der Waals surface area contributed by atoms with Gasteiger partial charge in [-0.15, -0.1) is 0 Å². The van der Waals surface area contributed by atoms with Crippen molar-refractivity contribution in [2.75, 3.05) is 5.73 Å². The molecule has 0 spiro atoms. The molecule has 0 unspecified atom stereocenters. The molecule has 3 nitrogen and oxygen atoms in total. The SMILES string of the molecule is Nc1nc(-c2cc(Cl)ccc2Cl)nc2c1CCC2. The summed E-state index contributed by atoms with van der Waals surface area (Å²) in [6, 6.07) is 5.25. The Morgan fingerprint density at radius 1 is 1.11 bits per heavy atom. The molecule has 5 heteroatoms. The number of nitrogens with zero attached hydrogens (tertiary/aromatic N) is 2. The first kappa shape index (κ1) is 11.8. The molecule has 92 valence electrons. The van der Waals surface area contributed by atoms with Gasteiger partial charge in [0, 0.05) is 21.8 Å². The molecule has 0 aliphatic heterocycles. The summed E-state index contributed by atoms with van der Waals surface area (Å²) in [5.41, 5.74) is 8.81. The Morgan fingerprint density at radius 2 is 1.94 bits per heavy atom. The average Bonchev–Trinajstić information content (AvgIpc) is 2.81. The second-order valence-corrected chi connectivity index (χ2v) is 5.18. The van der Waals surface area contributed by atoms with Crippen molar-refractivity contribution in [1.82, 2.24) is 9.97 Å². The maximum absolute atomic E-state index is 6.15. The van der Waals surface area contributed by atoms with Gasteiger partial charge in [0.15, 0.2) is 5.82 Å². The van der Waals surface area contributed by atoms with E-state index in [1.54, 1.807) is 18.2 Å². The van der Waals surface area contributed by atoms with E-state index in [0.29, 0.717) is 21.7 Å². The van der Waals surface area contributed by atoms with Crippen LogP contribution in [0.4, 0.5) is 5.82 Å². The number of rotatable bonds is 1. The van der Waals surface area contributed by atoms with Crippen molar-refractivity contribution < 1.29 is 0 Å². The number of hydrogen-bond donors (Lipinski definition) is 1. The summed E-state index contributed by atoms with van der Waals surface area (Å²) >= 11 is 12.1. The van der Waals surface area contributed by atoms with Crippen LogP contribution in [0.15, 0.2) is 18.2 Å². The molecule has 1 aromatic carbocycles. The second-order valence-electron chi connectivity index (χ2n) is 4.34. The highest BCUT2D eigenvalue weighted by molar-refractivity contribution is 6.35. The van der Waals surface area contributed by atoms with E-state index in [9.17, 15) is 0 Å². The van der Waals surface area contributed by atoms with E-state index >= 15 is 0 Å². The van der Waals surface area contributed by atoms with E-state index < -0.39 is 0 Å². The standard InChI is InChI=1S/C13H11Cl2N3/c14-7-4-5-10(15)9(6-7)13-17-11-3-1-2-8(11)12(16)18-13/h4-6H,1-3H2,(H2,16,17,18). The number of fused-ring (bicyclic) bond motifs is 1. The summed E-state index contributed by atoms with van der Waals surface area (Å²) in [7, 11) is 0. The molecule has 0 radical (unpaired) electrons. The molecule has 0 amide bonds. The maximum Gasteiger partial charge on any atom is 0.163 e. The van der Waals surface area contributed by atoms with Gasteiger partial charge in [-0.2, -0.15) is 0 Å². The number of nitrogen functional groups attached to an aromatic ring is 1. The predicted octanol–water partition coefficient (Wildman–Crippen LogP) is 3.52. The third kappa shape index (κ3) is 1.93. The number of halogens is 2. The minimum Gasteiger partial charge on any atom is -0.383 e. The Balaban J connectivity index is 2.18. The highest BCUT2D eigenvalue weighted by Gasteiger charge is 2.19. The number of aromatic nitrogens is 2. The highest BCUT2D eigenvalue weighted by atomic mass is 35.5. The summed E-state index contributed by atoms with van der Waals surface area (Å²) in [5, 5.41) is 1.19. The van der Waals surface area contributed by atoms with Crippen LogP contribution in [0.3, 0.4) is 0 Å². The summed E-state index contributed by atoms with van der Waals surface area (Å²) in [6.45, 7) is 0. The van der Waals surface area contributed by atoms with Crippen LogP contribution >= 0.6 is 23.2 Å². The molecule has 0 saturated carbocycles. The van der Waals surface area contributed by atoms with Crippen LogP contribution in [0.25, 0.3) is 11.4 Å². The van der Waals surface area contributed by atoms with Crippen molar-refractivity contribution in [2.45, 2.75) is 19.3 Å². The lowest BCUT2D eigenvalue weighted by molar-refractivity contribution is 0.900. The van der Waals surface area contributed by atoms with Gasteiger partial charge in [0.2, 0.25) is 0 Å². The summed E-state index contributed by atoms with van der Waals surface area (Å²) in [5.74, 6) is 1.11. The topological polar surface area (TPSA) is 51.8 Å². The fourth-order valence-electron chi connectivity index (χ4n) is 2.25. The van der Waals surface area contributed by atoms with Crippen molar-refractivity contribution in [3.8, 4) is 11.4 Å². The maximum atomic E-state index is 6.15. The van der Waals surface area contributed by atoms with Crippen LogP contribution in [0.2, 0.25) is 10.0 Å². The normalized spacial score (nSPS) is 13.7. The molecule has 3 rings (SSSR count). The van der Waals surface area contributed by atoms with Gasteiger partial charge in [-0.1, -0.05) is 23.2 Å². The van der Waals surface area contributed by atoms with E-state index in [1.165, 1.54) is 0 Å². The monoisotopic (exact) mass is 279 g/mol. The molecule has 2 aromatic rings. The van der Waals surface area contributed by atoms with Crippen LogP contribution in [0.5, 0.6) is 0 Å². The molecule has 0 atom stereocenters. The van der Waals surface area contributed by atoms with Gasteiger partial charge < -0.3 is 5.73 Å². The first-order valence-corrected chi connectivity index (χ1v) is 6.51. The molecule has 1 aliphatic carbocycles. The Morgan fingerprint density at radius 3 is 2.78 bits per heavy atom. The number of nitrogens with two attached hydrogens (primary N) is 1. The third-order valence-electron chi connectivity index (χ3n) is 3.13. The summed E-state index contributed by atoms with van der Waals surface area (Å²) in [4.78, 5) is 8.89. The van der Waals surface area contributed by atoms with Crippen LogP contribution in [0.1, 0.15) is 17.7 Å². The van der Waals surface area contributed by atoms with Crippen molar-refractivity contribution in [2.24, 2.45) is 0 Å². The van der Waals surface area contributed by atoms with Crippen molar-refractivity contribution in [1.29, 1.82) is 0 Å². The van der Waals surface area contributed by atoms with E-state index in [4.69, 9.17) is 28.9 Å². The molecule has 2 N–H and O–H groups in total. The molecular formula is C13H11Cl2N3. The highest BCUT2D eigenvalue weighted by Crippen LogP contribution is 2.32. The van der Waals surface area contributed by atoms with E-state index in [1.807, 2.05) is 0 Å². The smallest absolute Gasteiger partial charge is 0.163 e. The zero-order valence-corrected chi connectivity index (χ0v) is 11.1. The molecule has 0 bridgehead atoms. The van der Waals surface area contributed by atoms with Gasteiger partial charge >= 0.3 is 0 Å². The first-order valence-electron chi connectivity index (χ1n) is 5.76. The summed E-state index contributed by atoms with van der Waals surface area (Å²) in [6.07, 6.45) is 3.00. The number of hydrogen-bond acceptors (Lipinski definition) is 3. The molecule has 0 saturated heterocycles. The molecule has 18 heavy (non-hydrogen) atoms. The van der Waals surface area contributed by atoms with Crippen LogP contribution in [0, 0.1) is 0 Å². The fourth-order valence-corrected chi connectivity index (χ4v) is 2.62. The predicted molar refractivity (Wildman–Crippen MR) is 73.9 cm³/mol. The average molecular weight is 280 g/mol. The molecule has 1 aromatic heterocycles. The number of benzene rings is 1. The quantitative estimate of drug-likeness (QED) is 0.869. The number of anilines is 1. The Labute approximate surface area is 115 Å². The van der Waals surface area contributed by atoms with Crippen LogP contribution < -0.4 is 5.73 Å². The van der Waals surface area contributed by atoms with Crippen LogP contribution in [-0.4, -0.2) is 9.97 Å². The molecule has 0 fully saturated rings. The van der Waals surface area contributed by atoms with E-state index in [2.05, 4.69) is 9.97 Å². The molecule has 1 heterocycles. The van der Waals surface area contributed by atoms with Gasteiger partial charge in [0.05, 0.1) is 5.02 Å². The lowest BCUT2D eigenvalue weighted by Crippen LogP contribution is -2.03. The van der Waals surface area contributed by atoms with Crippen LogP contribution in [-0.2, 0) is 12.8 Å².